The summed E-state index contributed by atoms with van der Waals surface area (Å²) >= 11 is 0. The summed E-state index contributed by atoms with van der Waals surface area (Å²) in [5.41, 5.74) is 4.13. The van der Waals surface area contributed by atoms with Crippen LogP contribution in [0.3, 0.4) is 0 Å². The van der Waals surface area contributed by atoms with Gasteiger partial charge < -0.3 is 9.47 Å². The number of hydrazone groups is 1. The normalized spacial score (nSPS) is 18.2. The summed E-state index contributed by atoms with van der Waals surface area (Å²) in [6.45, 7) is 1.10. The number of nitrogens with one attached hydrogen (secondary N) is 1. The third kappa shape index (κ3) is 2.89. The highest BCUT2D eigenvalue weighted by molar-refractivity contribution is 6.06. The van der Waals surface area contributed by atoms with Crippen molar-refractivity contribution in [3.05, 3.63) is 23.8 Å². The van der Waals surface area contributed by atoms with E-state index < -0.39 is 6.86 Å². The van der Waals surface area contributed by atoms with E-state index in [1.54, 1.807) is 18.2 Å². The van der Waals surface area contributed by atoms with E-state index in [0.29, 0.717) is 17.9 Å². The molecule has 108 valence electrons. The topological polar surface area (TPSA) is 59.9 Å². The first-order chi connectivity index (χ1) is 9.69. The second-order valence-corrected chi connectivity index (χ2v) is 4.46. The number of methoxy groups -OCH3 is 1. The molecule has 6 heteroatoms. The molecule has 0 aliphatic carbocycles. The van der Waals surface area contributed by atoms with Crippen LogP contribution in [0.2, 0.25) is 0 Å². The van der Waals surface area contributed by atoms with Gasteiger partial charge in [-0.25, -0.2) is 9.82 Å². The number of amides is 1. The lowest BCUT2D eigenvalue weighted by molar-refractivity contribution is -0.122. The van der Waals surface area contributed by atoms with Crippen molar-refractivity contribution < 1.29 is 18.7 Å². The van der Waals surface area contributed by atoms with Gasteiger partial charge in [0.2, 0.25) is 12.8 Å². The van der Waals surface area contributed by atoms with Gasteiger partial charge >= 0.3 is 0 Å². The molecule has 1 aromatic carbocycles. The van der Waals surface area contributed by atoms with Crippen molar-refractivity contribution in [2.24, 2.45) is 11.0 Å². The molecule has 0 spiro atoms. The number of alkyl halides is 1. The van der Waals surface area contributed by atoms with Crippen LogP contribution in [-0.4, -0.2) is 25.6 Å². The number of halogens is 1. The Morgan fingerprint density at radius 1 is 1.45 bits per heavy atom. The Morgan fingerprint density at radius 3 is 2.90 bits per heavy atom. The minimum atomic E-state index is -0.912. The molecule has 1 aromatic rings. The van der Waals surface area contributed by atoms with Crippen molar-refractivity contribution in [1.82, 2.24) is 5.43 Å². The molecule has 0 fully saturated rings. The SMILES string of the molecule is CCC1CC(=O)NN=C1c1ccc(OCF)c(OC)c1. The highest BCUT2D eigenvalue weighted by Crippen LogP contribution is 2.30. The monoisotopic (exact) mass is 280 g/mol. The summed E-state index contributed by atoms with van der Waals surface area (Å²) in [5.74, 6) is 0.771. The van der Waals surface area contributed by atoms with Gasteiger partial charge in [0.25, 0.3) is 0 Å². The van der Waals surface area contributed by atoms with Crippen LogP contribution in [0.15, 0.2) is 23.3 Å². The molecule has 1 amide bonds. The Bertz CT molecular complexity index is 531. The lowest BCUT2D eigenvalue weighted by atomic mass is 9.90. The molecule has 5 nitrogen and oxygen atoms in total. The first-order valence-corrected chi connectivity index (χ1v) is 6.43. The van der Waals surface area contributed by atoms with Gasteiger partial charge in [-0.2, -0.15) is 5.10 Å². The van der Waals surface area contributed by atoms with Gasteiger partial charge in [0.15, 0.2) is 11.5 Å². The molecule has 20 heavy (non-hydrogen) atoms. The maximum Gasteiger partial charge on any atom is 0.240 e. The van der Waals surface area contributed by atoms with Crippen molar-refractivity contribution >= 4 is 11.6 Å². The lowest BCUT2D eigenvalue weighted by Crippen LogP contribution is -2.33. The number of benzene rings is 1. The van der Waals surface area contributed by atoms with Crippen LogP contribution >= 0.6 is 0 Å². The van der Waals surface area contributed by atoms with Crippen molar-refractivity contribution in [1.29, 1.82) is 0 Å². The van der Waals surface area contributed by atoms with Crippen LogP contribution in [0.25, 0.3) is 0 Å². The summed E-state index contributed by atoms with van der Waals surface area (Å²) in [5, 5.41) is 4.13. The quantitative estimate of drug-likeness (QED) is 0.900. The first kappa shape index (κ1) is 14.3. The van der Waals surface area contributed by atoms with Gasteiger partial charge in [-0.1, -0.05) is 6.92 Å². The fourth-order valence-corrected chi connectivity index (χ4v) is 2.22. The van der Waals surface area contributed by atoms with Gasteiger partial charge in [0, 0.05) is 17.9 Å². The van der Waals surface area contributed by atoms with Gasteiger partial charge in [0.1, 0.15) is 0 Å². The van der Waals surface area contributed by atoms with Crippen LogP contribution in [0, 0.1) is 5.92 Å². The molecule has 1 atom stereocenters. The number of nitrogens with zero attached hydrogens (tertiary/aromatic N) is 1. The summed E-state index contributed by atoms with van der Waals surface area (Å²) in [7, 11) is 1.49. The number of hydrogen-bond donors (Lipinski definition) is 1. The fourth-order valence-electron chi connectivity index (χ4n) is 2.22. The summed E-state index contributed by atoms with van der Waals surface area (Å²) in [6, 6.07) is 5.16. The lowest BCUT2D eigenvalue weighted by Gasteiger charge is -2.22. The van der Waals surface area contributed by atoms with E-state index in [4.69, 9.17) is 9.47 Å². The van der Waals surface area contributed by atoms with E-state index in [9.17, 15) is 9.18 Å². The molecule has 1 aliphatic heterocycles. The number of carbonyl (C=O) groups is 1. The van der Waals surface area contributed by atoms with Gasteiger partial charge in [-0.3, -0.25) is 4.79 Å². The van der Waals surface area contributed by atoms with Crippen LogP contribution < -0.4 is 14.9 Å². The summed E-state index contributed by atoms with van der Waals surface area (Å²) in [6.07, 6.45) is 1.23. The molecular formula is C14H17FN2O3. The molecule has 0 aromatic heterocycles. The van der Waals surface area contributed by atoms with E-state index in [0.717, 1.165) is 17.7 Å². The molecule has 1 heterocycles. The standard InChI is InChI=1S/C14H17FN2O3/c1-3-9-7-13(18)16-17-14(9)10-4-5-11(20-8-15)12(6-10)19-2/h4-6,9H,3,7-8H2,1-2H3,(H,16,18). The fraction of sp³-hybridized carbons (Fsp3) is 0.429. The summed E-state index contributed by atoms with van der Waals surface area (Å²) < 4.78 is 22.3. The molecule has 1 aliphatic rings. The number of hydrogen-bond acceptors (Lipinski definition) is 4. The van der Waals surface area contributed by atoms with Crippen molar-refractivity contribution in [3.8, 4) is 11.5 Å². The maximum atomic E-state index is 12.3. The smallest absolute Gasteiger partial charge is 0.240 e. The zero-order chi connectivity index (χ0) is 14.5. The van der Waals surface area contributed by atoms with Gasteiger partial charge in [0.05, 0.1) is 12.8 Å². The Hall–Kier alpha value is -2.11. The van der Waals surface area contributed by atoms with E-state index in [1.807, 2.05) is 6.92 Å². The Kier molecular flexibility index (Phi) is 4.55. The third-order valence-corrected chi connectivity index (χ3v) is 3.28. The Morgan fingerprint density at radius 2 is 2.25 bits per heavy atom. The minimum Gasteiger partial charge on any atom is -0.493 e. The van der Waals surface area contributed by atoms with Crippen LogP contribution in [0.1, 0.15) is 25.3 Å². The highest BCUT2D eigenvalue weighted by atomic mass is 19.1. The predicted molar refractivity (Wildman–Crippen MR) is 72.7 cm³/mol. The van der Waals surface area contributed by atoms with Crippen molar-refractivity contribution in [2.45, 2.75) is 19.8 Å². The molecule has 1 N–H and O–H groups in total. The van der Waals surface area contributed by atoms with Crippen LogP contribution in [-0.2, 0) is 4.79 Å². The molecule has 2 rings (SSSR count). The molecule has 0 bridgehead atoms. The minimum absolute atomic E-state index is 0.0707. The van der Waals surface area contributed by atoms with Crippen LogP contribution in [0.5, 0.6) is 11.5 Å². The highest BCUT2D eigenvalue weighted by Gasteiger charge is 2.24. The van der Waals surface area contributed by atoms with Crippen molar-refractivity contribution in [2.75, 3.05) is 14.0 Å². The largest absolute Gasteiger partial charge is 0.493 e. The van der Waals surface area contributed by atoms with E-state index in [-0.39, 0.29) is 11.8 Å². The maximum absolute atomic E-state index is 12.3. The van der Waals surface area contributed by atoms with Gasteiger partial charge in [-0.15, -0.1) is 0 Å². The molecule has 0 saturated heterocycles. The van der Waals surface area contributed by atoms with E-state index in [1.165, 1.54) is 7.11 Å². The Labute approximate surface area is 116 Å². The Balaban J connectivity index is 2.34. The predicted octanol–water partition coefficient (Wildman–Crippen LogP) is 2.25. The van der Waals surface area contributed by atoms with E-state index >= 15 is 0 Å². The van der Waals surface area contributed by atoms with E-state index in [2.05, 4.69) is 10.5 Å². The van der Waals surface area contributed by atoms with Crippen molar-refractivity contribution in [3.63, 3.8) is 0 Å². The van der Waals surface area contributed by atoms with Crippen LogP contribution in [0.4, 0.5) is 4.39 Å². The zero-order valence-corrected chi connectivity index (χ0v) is 11.5. The van der Waals surface area contributed by atoms with Gasteiger partial charge in [-0.05, 0) is 24.6 Å². The zero-order valence-electron chi connectivity index (χ0n) is 11.5. The summed E-state index contributed by atoms with van der Waals surface area (Å²) in [4.78, 5) is 11.4. The number of ether oxygens (including phenoxy) is 2. The average Bonchev–Trinajstić information content (AvgIpc) is 2.48. The first-order valence-electron chi connectivity index (χ1n) is 6.43. The second kappa shape index (κ2) is 6.36. The number of carbonyl (C=O) groups excluding carboxylic acids is 1. The molecule has 0 saturated carbocycles. The second-order valence-electron chi connectivity index (χ2n) is 4.46. The molecule has 1 unspecified atom stereocenters. The molecular weight excluding hydrogens is 263 g/mol. The third-order valence-electron chi connectivity index (χ3n) is 3.28. The average molecular weight is 280 g/mol. The number of rotatable bonds is 5. The molecule has 0 radical (unpaired) electrons.